The van der Waals surface area contributed by atoms with E-state index in [0.29, 0.717) is 0 Å². The maximum atomic E-state index is 13.2. The summed E-state index contributed by atoms with van der Waals surface area (Å²) in [6.45, 7) is 2.90. The zero-order valence-corrected chi connectivity index (χ0v) is 14.7. The highest BCUT2D eigenvalue weighted by Crippen LogP contribution is 2.41. The third-order valence-electron chi connectivity index (χ3n) is 3.47. The predicted octanol–water partition coefficient (Wildman–Crippen LogP) is 1.36. The van der Waals surface area contributed by atoms with Gasteiger partial charge in [-0.15, -0.1) is 0 Å². The number of alkyl halides is 4. The minimum absolute atomic E-state index is 0.122. The van der Waals surface area contributed by atoms with E-state index in [1.807, 2.05) is 0 Å². The van der Waals surface area contributed by atoms with Crippen molar-refractivity contribution < 1.29 is 54.3 Å². The second-order valence-electron chi connectivity index (χ2n) is 5.64. The first-order valence-corrected chi connectivity index (χ1v) is 9.04. The fraction of sp³-hybridized carbons (Fsp3) is 0.714. The van der Waals surface area contributed by atoms with Gasteiger partial charge in [0.2, 0.25) is 6.10 Å². The lowest BCUT2D eigenvalue weighted by Crippen LogP contribution is -2.46. The van der Waals surface area contributed by atoms with Crippen LogP contribution in [0.15, 0.2) is 12.2 Å². The highest BCUT2D eigenvalue weighted by atomic mass is 32.2. The summed E-state index contributed by atoms with van der Waals surface area (Å²) in [4.78, 5) is 22.8. The summed E-state index contributed by atoms with van der Waals surface area (Å²) < 4.78 is 97.2. The van der Waals surface area contributed by atoms with Crippen molar-refractivity contribution in [3.05, 3.63) is 12.2 Å². The van der Waals surface area contributed by atoms with Gasteiger partial charge in [-0.05, 0) is 12.8 Å². The molecule has 8 nitrogen and oxygen atoms in total. The third kappa shape index (κ3) is 6.14. The lowest BCUT2D eigenvalue weighted by molar-refractivity contribution is -0.165. The van der Waals surface area contributed by atoms with Crippen molar-refractivity contribution in [2.24, 2.45) is 0 Å². The number of carbonyl (C=O) groups excluding carboxylic acids is 2. The van der Waals surface area contributed by atoms with Gasteiger partial charge in [0, 0.05) is 19.4 Å². The lowest BCUT2D eigenvalue weighted by atomic mass is 10.1. The smallest absolute Gasteiger partial charge is 0.396 e. The predicted molar refractivity (Wildman–Crippen MR) is 78.9 cm³/mol. The quantitative estimate of drug-likeness (QED) is 0.161. The number of cyclic esters (lactones) is 1. The highest BCUT2D eigenvalue weighted by molar-refractivity contribution is 7.86. The Bertz CT molecular complexity index is 677. The van der Waals surface area contributed by atoms with Gasteiger partial charge in [0.05, 0.1) is 18.8 Å². The van der Waals surface area contributed by atoms with E-state index in [-0.39, 0.29) is 38.2 Å². The maximum absolute atomic E-state index is 13.2. The third-order valence-corrected chi connectivity index (χ3v) is 4.40. The number of rotatable bonds is 11. The first-order chi connectivity index (χ1) is 12.3. The lowest BCUT2D eigenvalue weighted by Gasteiger charge is -2.28. The van der Waals surface area contributed by atoms with E-state index >= 15 is 0 Å². The Morgan fingerprint density at radius 2 is 1.93 bits per heavy atom. The summed E-state index contributed by atoms with van der Waals surface area (Å²) in [6.07, 6.45) is -3.12. The molecule has 0 amide bonds. The summed E-state index contributed by atoms with van der Waals surface area (Å²) in [6, 6.07) is 0. The Hall–Kier alpha value is -1.73. The van der Waals surface area contributed by atoms with Crippen molar-refractivity contribution in [1.82, 2.24) is 0 Å². The molecule has 0 aromatic rings. The summed E-state index contributed by atoms with van der Waals surface area (Å²) in [5.74, 6) is -6.61. The van der Waals surface area contributed by atoms with Crippen LogP contribution in [0.1, 0.15) is 25.7 Å². The van der Waals surface area contributed by atoms with Crippen LogP contribution in [0.5, 0.6) is 0 Å². The fourth-order valence-corrected chi connectivity index (χ4v) is 2.40. The van der Waals surface area contributed by atoms with E-state index in [0.717, 1.165) is 0 Å². The van der Waals surface area contributed by atoms with Crippen LogP contribution >= 0.6 is 0 Å². The first kappa shape index (κ1) is 23.3. The molecule has 0 bridgehead atoms. The topological polar surface area (TPSA) is 119 Å². The number of hydrogen-bond donors (Lipinski definition) is 0. The Labute approximate surface area is 152 Å². The fourth-order valence-electron chi connectivity index (χ4n) is 1.93. The summed E-state index contributed by atoms with van der Waals surface area (Å²) in [7, 11) is -6.50. The van der Waals surface area contributed by atoms with Crippen LogP contribution in [0.2, 0.25) is 0 Å². The van der Waals surface area contributed by atoms with Gasteiger partial charge < -0.3 is 18.8 Å². The number of halogens is 4. The van der Waals surface area contributed by atoms with Crippen molar-refractivity contribution in [2.45, 2.75) is 43.0 Å². The molecule has 156 valence electrons. The summed E-state index contributed by atoms with van der Waals surface area (Å²) in [5, 5.41) is -5.71. The van der Waals surface area contributed by atoms with E-state index in [2.05, 4.69) is 11.3 Å². The standard InChI is InChI=1S/C14H18F4O8S/c1-9(11(19)26-10-4-7-25-12(10)20)8-24-6-3-2-5-13(15,16)14(17,18)27(21,22)23/h10H,1-8H2,(H,21,22,23)/p-1. The van der Waals surface area contributed by atoms with Crippen LogP contribution in [0.25, 0.3) is 0 Å². The average Bonchev–Trinajstić information content (AvgIpc) is 2.94. The summed E-state index contributed by atoms with van der Waals surface area (Å²) >= 11 is 0. The van der Waals surface area contributed by atoms with Gasteiger partial charge in [-0.3, -0.25) is 0 Å². The Morgan fingerprint density at radius 1 is 1.30 bits per heavy atom. The number of carbonyl (C=O) groups is 2. The molecule has 0 aromatic heterocycles. The second kappa shape index (κ2) is 8.97. The maximum Gasteiger partial charge on any atom is 0.396 e. The molecule has 0 spiro atoms. The number of unbranched alkanes of at least 4 members (excludes halogenated alkanes) is 1. The van der Waals surface area contributed by atoms with Gasteiger partial charge in [-0.1, -0.05) is 6.58 Å². The van der Waals surface area contributed by atoms with Gasteiger partial charge in [0.25, 0.3) is 0 Å². The normalized spacial score (nSPS) is 18.3. The Kier molecular flexibility index (Phi) is 7.75. The van der Waals surface area contributed by atoms with Crippen molar-refractivity contribution in [1.29, 1.82) is 0 Å². The van der Waals surface area contributed by atoms with Crippen molar-refractivity contribution in [3.63, 3.8) is 0 Å². The average molecular weight is 421 g/mol. The van der Waals surface area contributed by atoms with Crippen molar-refractivity contribution in [2.75, 3.05) is 19.8 Å². The monoisotopic (exact) mass is 421 g/mol. The van der Waals surface area contributed by atoms with Crippen LogP contribution in [0.4, 0.5) is 17.6 Å². The molecule has 13 heteroatoms. The SMILES string of the molecule is C=C(COCCCCC(F)(F)C(F)(F)S(=O)(=O)[O-])C(=O)OC1CCOC1=O. The highest BCUT2D eigenvalue weighted by Gasteiger charge is 2.60. The van der Waals surface area contributed by atoms with Gasteiger partial charge in [-0.2, -0.15) is 17.6 Å². The number of hydrogen-bond acceptors (Lipinski definition) is 8. The zero-order chi connectivity index (χ0) is 20.9. The van der Waals surface area contributed by atoms with E-state index < -0.39 is 52.2 Å². The molecule has 0 saturated carbocycles. The van der Waals surface area contributed by atoms with Gasteiger partial charge in [0.1, 0.15) is 0 Å². The summed E-state index contributed by atoms with van der Waals surface area (Å²) in [5.41, 5.74) is -0.163. The van der Waals surface area contributed by atoms with Crippen LogP contribution in [-0.4, -0.2) is 62.0 Å². The number of ether oxygens (including phenoxy) is 3. The minimum atomic E-state index is -6.50. The van der Waals surface area contributed by atoms with Crippen molar-refractivity contribution in [3.8, 4) is 0 Å². The molecule has 0 aromatic carbocycles. The molecular weight excluding hydrogens is 404 g/mol. The largest absolute Gasteiger partial charge is 0.743 e. The first-order valence-electron chi connectivity index (χ1n) is 7.64. The molecule has 1 heterocycles. The Balaban J connectivity index is 2.27. The van der Waals surface area contributed by atoms with E-state index in [9.17, 15) is 40.1 Å². The second-order valence-corrected chi connectivity index (χ2v) is 7.06. The van der Waals surface area contributed by atoms with Gasteiger partial charge in [-0.25, -0.2) is 18.0 Å². The van der Waals surface area contributed by atoms with Gasteiger partial charge >= 0.3 is 23.1 Å². The molecule has 1 saturated heterocycles. The molecule has 1 aliphatic heterocycles. The number of esters is 2. The molecule has 1 rings (SSSR count). The van der Waals surface area contributed by atoms with E-state index in [4.69, 9.17) is 9.47 Å². The van der Waals surface area contributed by atoms with E-state index in [1.165, 1.54) is 0 Å². The molecule has 1 atom stereocenters. The minimum Gasteiger partial charge on any atom is -0.743 e. The molecule has 0 N–H and O–H groups in total. The molecule has 27 heavy (non-hydrogen) atoms. The molecule has 1 aliphatic rings. The molecule has 1 unspecified atom stereocenters. The Morgan fingerprint density at radius 3 is 2.44 bits per heavy atom. The molecule has 0 aliphatic carbocycles. The molecular formula is C14H17F4O8S-. The van der Waals surface area contributed by atoms with Crippen LogP contribution in [0.3, 0.4) is 0 Å². The van der Waals surface area contributed by atoms with Crippen LogP contribution < -0.4 is 0 Å². The van der Waals surface area contributed by atoms with E-state index in [1.54, 1.807) is 0 Å². The molecule has 0 radical (unpaired) electrons. The van der Waals surface area contributed by atoms with Crippen molar-refractivity contribution >= 4 is 22.1 Å². The zero-order valence-electron chi connectivity index (χ0n) is 13.9. The van der Waals surface area contributed by atoms with Crippen LogP contribution in [0, 0.1) is 0 Å². The van der Waals surface area contributed by atoms with Crippen LogP contribution in [-0.2, 0) is 33.9 Å². The van der Waals surface area contributed by atoms with Gasteiger partial charge in [0.15, 0.2) is 10.1 Å². The molecule has 1 fully saturated rings.